The fourth-order valence-electron chi connectivity index (χ4n) is 3.26. The average Bonchev–Trinajstić information content (AvgIpc) is 2.96. The van der Waals surface area contributed by atoms with E-state index in [0.29, 0.717) is 16.9 Å². The SMILES string of the molecule is Cc1cc(C)c(S(=O)(=O)N[C@@H](C)C(=O)Oc2c[nH]c3ccccc23)c(C)c1. The van der Waals surface area contributed by atoms with Gasteiger partial charge in [-0.05, 0) is 51.0 Å². The van der Waals surface area contributed by atoms with Crippen LogP contribution in [0, 0.1) is 20.8 Å². The van der Waals surface area contributed by atoms with Gasteiger partial charge in [0.1, 0.15) is 6.04 Å². The number of fused-ring (bicyclic) bond motifs is 1. The highest BCUT2D eigenvalue weighted by molar-refractivity contribution is 7.89. The van der Waals surface area contributed by atoms with Crippen LogP contribution in [0.3, 0.4) is 0 Å². The number of nitrogens with one attached hydrogen (secondary N) is 2. The van der Waals surface area contributed by atoms with Crippen LogP contribution in [-0.4, -0.2) is 25.4 Å². The molecule has 2 N–H and O–H groups in total. The van der Waals surface area contributed by atoms with E-state index < -0.39 is 22.0 Å². The number of hydrogen-bond acceptors (Lipinski definition) is 4. The van der Waals surface area contributed by atoms with E-state index in [-0.39, 0.29) is 4.90 Å². The third kappa shape index (κ3) is 3.89. The fraction of sp³-hybridized carbons (Fsp3) is 0.250. The van der Waals surface area contributed by atoms with Crippen LogP contribution >= 0.6 is 0 Å². The Bertz CT molecular complexity index is 1090. The summed E-state index contributed by atoms with van der Waals surface area (Å²) in [5, 5.41) is 0.756. The van der Waals surface area contributed by atoms with Crippen molar-refractivity contribution in [1.82, 2.24) is 9.71 Å². The van der Waals surface area contributed by atoms with E-state index in [1.54, 1.807) is 32.2 Å². The Labute approximate surface area is 158 Å². The van der Waals surface area contributed by atoms with Gasteiger partial charge in [-0.2, -0.15) is 4.72 Å². The van der Waals surface area contributed by atoms with Crippen molar-refractivity contribution in [3.63, 3.8) is 0 Å². The van der Waals surface area contributed by atoms with Gasteiger partial charge in [-0.3, -0.25) is 0 Å². The van der Waals surface area contributed by atoms with Crippen molar-refractivity contribution in [2.75, 3.05) is 0 Å². The molecule has 0 radical (unpaired) electrons. The number of carbonyl (C=O) groups excluding carboxylic acids is 1. The molecular formula is C20H22N2O4S. The van der Waals surface area contributed by atoms with Gasteiger partial charge in [0.25, 0.3) is 0 Å². The molecule has 1 heterocycles. The molecule has 0 bridgehead atoms. The van der Waals surface area contributed by atoms with Crippen molar-refractivity contribution < 1.29 is 17.9 Å². The van der Waals surface area contributed by atoms with Gasteiger partial charge in [-0.1, -0.05) is 29.8 Å². The van der Waals surface area contributed by atoms with Crippen LogP contribution in [0.4, 0.5) is 0 Å². The van der Waals surface area contributed by atoms with Crippen LogP contribution in [0.5, 0.6) is 5.75 Å². The number of rotatable bonds is 5. The molecule has 142 valence electrons. The van der Waals surface area contributed by atoms with E-state index in [9.17, 15) is 13.2 Å². The summed E-state index contributed by atoms with van der Waals surface area (Å²) in [6.45, 7) is 6.85. The van der Waals surface area contributed by atoms with Gasteiger partial charge in [-0.25, -0.2) is 13.2 Å². The smallest absolute Gasteiger partial charge is 0.329 e. The number of sulfonamides is 1. The third-order valence-electron chi connectivity index (χ3n) is 4.32. The lowest BCUT2D eigenvalue weighted by Crippen LogP contribution is -2.41. The molecule has 1 atom stereocenters. The molecule has 0 saturated carbocycles. The zero-order valence-electron chi connectivity index (χ0n) is 15.7. The number of benzene rings is 2. The molecule has 6 nitrogen and oxygen atoms in total. The van der Waals surface area contributed by atoms with Crippen molar-refractivity contribution in [2.45, 2.75) is 38.6 Å². The van der Waals surface area contributed by atoms with E-state index in [1.165, 1.54) is 6.92 Å². The zero-order valence-corrected chi connectivity index (χ0v) is 16.5. The molecule has 0 fully saturated rings. The maximum Gasteiger partial charge on any atom is 0.329 e. The Kier molecular flexibility index (Phi) is 5.08. The second kappa shape index (κ2) is 7.17. The lowest BCUT2D eigenvalue weighted by atomic mass is 10.1. The number of aromatic amines is 1. The standard InChI is InChI=1S/C20H22N2O4S/c1-12-9-13(2)19(14(3)10-12)27(24,25)22-15(4)20(23)26-18-11-21-17-8-6-5-7-16(17)18/h5-11,15,21-22H,1-4H3/t15-/m0/s1. The van der Waals surface area contributed by atoms with Gasteiger partial charge in [0.2, 0.25) is 10.0 Å². The molecule has 0 saturated heterocycles. The second-order valence-corrected chi connectivity index (χ2v) is 8.34. The van der Waals surface area contributed by atoms with Crippen molar-refractivity contribution >= 4 is 26.9 Å². The molecule has 27 heavy (non-hydrogen) atoms. The van der Waals surface area contributed by atoms with Gasteiger partial charge in [0.05, 0.1) is 4.90 Å². The minimum atomic E-state index is -3.86. The predicted octanol–water partition coefficient (Wildman–Crippen LogP) is 3.37. The Morgan fingerprint density at radius 2 is 1.74 bits per heavy atom. The highest BCUT2D eigenvalue weighted by Crippen LogP contribution is 2.26. The Morgan fingerprint density at radius 1 is 1.11 bits per heavy atom. The van der Waals surface area contributed by atoms with E-state index in [2.05, 4.69) is 9.71 Å². The van der Waals surface area contributed by atoms with Crippen molar-refractivity contribution in [3.05, 3.63) is 59.3 Å². The molecule has 0 spiro atoms. The summed E-state index contributed by atoms with van der Waals surface area (Å²) in [5.74, 6) is -0.310. The molecule has 1 aromatic heterocycles. The first kappa shape index (κ1) is 19.1. The van der Waals surface area contributed by atoms with Crippen LogP contribution in [-0.2, 0) is 14.8 Å². The fourth-order valence-corrected chi connectivity index (χ4v) is 4.90. The number of hydrogen-bond donors (Lipinski definition) is 2. The molecule has 0 aliphatic carbocycles. The van der Waals surface area contributed by atoms with Crippen LogP contribution in [0.25, 0.3) is 10.9 Å². The third-order valence-corrected chi connectivity index (χ3v) is 6.17. The molecule has 0 aliphatic rings. The first-order chi connectivity index (χ1) is 12.7. The molecule has 0 amide bonds. The quantitative estimate of drug-likeness (QED) is 0.658. The predicted molar refractivity (Wildman–Crippen MR) is 104 cm³/mol. The summed E-state index contributed by atoms with van der Waals surface area (Å²) in [4.78, 5) is 15.6. The normalized spacial score (nSPS) is 12.9. The lowest BCUT2D eigenvalue weighted by molar-refractivity contribution is -0.135. The molecule has 7 heteroatoms. The number of para-hydroxylation sites is 1. The van der Waals surface area contributed by atoms with Crippen LogP contribution in [0.15, 0.2) is 47.5 Å². The molecular weight excluding hydrogens is 364 g/mol. The summed E-state index contributed by atoms with van der Waals surface area (Å²) in [6, 6.07) is 9.95. The molecule has 3 aromatic rings. The van der Waals surface area contributed by atoms with Gasteiger partial charge in [0, 0.05) is 17.1 Å². The minimum absolute atomic E-state index is 0.194. The number of esters is 1. The Morgan fingerprint density at radius 3 is 2.41 bits per heavy atom. The highest BCUT2D eigenvalue weighted by atomic mass is 32.2. The average molecular weight is 386 g/mol. The molecule has 2 aromatic carbocycles. The summed E-state index contributed by atoms with van der Waals surface area (Å²) in [5.41, 5.74) is 3.09. The van der Waals surface area contributed by atoms with Crippen LogP contribution in [0.1, 0.15) is 23.6 Å². The van der Waals surface area contributed by atoms with Gasteiger partial charge in [-0.15, -0.1) is 0 Å². The molecule has 3 rings (SSSR count). The zero-order chi connectivity index (χ0) is 19.8. The monoisotopic (exact) mass is 386 g/mol. The number of ether oxygens (including phenoxy) is 1. The Hall–Kier alpha value is -2.64. The Balaban J connectivity index is 1.80. The maximum atomic E-state index is 12.8. The number of H-pyrrole nitrogens is 1. The first-order valence-electron chi connectivity index (χ1n) is 8.57. The number of carbonyl (C=O) groups is 1. The number of aryl methyl sites for hydroxylation is 3. The van der Waals surface area contributed by atoms with Gasteiger partial charge in [0.15, 0.2) is 5.75 Å². The maximum absolute atomic E-state index is 12.8. The highest BCUT2D eigenvalue weighted by Gasteiger charge is 2.26. The van der Waals surface area contributed by atoms with Crippen LogP contribution < -0.4 is 9.46 Å². The lowest BCUT2D eigenvalue weighted by Gasteiger charge is -2.16. The minimum Gasteiger partial charge on any atom is -0.423 e. The first-order valence-corrected chi connectivity index (χ1v) is 10.1. The van der Waals surface area contributed by atoms with E-state index in [4.69, 9.17) is 4.74 Å². The van der Waals surface area contributed by atoms with Gasteiger partial charge < -0.3 is 9.72 Å². The second-order valence-electron chi connectivity index (χ2n) is 6.69. The number of aromatic nitrogens is 1. The van der Waals surface area contributed by atoms with Crippen molar-refractivity contribution in [1.29, 1.82) is 0 Å². The van der Waals surface area contributed by atoms with Crippen molar-refractivity contribution in [3.8, 4) is 5.75 Å². The van der Waals surface area contributed by atoms with Crippen LogP contribution in [0.2, 0.25) is 0 Å². The summed E-state index contributed by atoms with van der Waals surface area (Å²) in [6.07, 6.45) is 1.58. The topological polar surface area (TPSA) is 88.3 Å². The summed E-state index contributed by atoms with van der Waals surface area (Å²) < 4.78 is 33.4. The summed E-state index contributed by atoms with van der Waals surface area (Å²) in [7, 11) is -3.86. The van der Waals surface area contributed by atoms with E-state index in [0.717, 1.165) is 16.5 Å². The summed E-state index contributed by atoms with van der Waals surface area (Å²) >= 11 is 0. The van der Waals surface area contributed by atoms with E-state index >= 15 is 0 Å². The van der Waals surface area contributed by atoms with E-state index in [1.807, 2.05) is 31.2 Å². The van der Waals surface area contributed by atoms with Crippen molar-refractivity contribution in [2.24, 2.45) is 0 Å². The molecule has 0 unspecified atom stereocenters. The largest absolute Gasteiger partial charge is 0.423 e. The van der Waals surface area contributed by atoms with Gasteiger partial charge >= 0.3 is 5.97 Å². The molecule has 0 aliphatic heterocycles.